The molecule has 0 bridgehead atoms. The zero-order chi connectivity index (χ0) is 15.1. The fourth-order valence-electron chi connectivity index (χ4n) is 2.22. The van der Waals surface area contributed by atoms with Crippen molar-refractivity contribution in [1.82, 2.24) is 5.32 Å². The minimum atomic E-state index is -3.99. The van der Waals surface area contributed by atoms with Crippen molar-refractivity contribution in [3.05, 3.63) is 28.3 Å². The van der Waals surface area contributed by atoms with Gasteiger partial charge in [0.1, 0.15) is 4.90 Å². The summed E-state index contributed by atoms with van der Waals surface area (Å²) < 4.78 is 23.0. The van der Waals surface area contributed by atoms with Crippen LogP contribution in [0.1, 0.15) is 42.1 Å². The third kappa shape index (κ3) is 3.10. The van der Waals surface area contributed by atoms with Crippen LogP contribution in [-0.2, 0) is 9.05 Å². The molecule has 0 aliphatic heterocycles. The van der Waals surface area contributed by atoms with Gasteiger partial charge in [-0.3, -0.25) is 4.79 Å². The molecular weight excluding hydrogens is 321 g/mol. The van der Waals surface area contributed by atoms with E-state index in [4.69, 9.17) is 22.3 Å². The highest BCUT2D eigenvalue weighted by atomic mass is 35.7. The number of hydrogen-bond acceptors (Lipinski definition) is 3. The molecule has 1 fully saturated rings. The Bertz CT molecular complexity index is 666. The number of benzene rings is 1. The molecule has 4 nitrogen and oxygen atoms in total. The predicted octanol–water partition coefficient (Wildman–Crippen LogP) is 3.25. The van der Waals surface area contributed by atoms with Gasteiger partial charge in [-0.15, -0.1) is 0 Å². The van der Waals surface area contributed by atoms with Crippen molar-refractivity contribution in [3.8, 4) is 0 Å². The molecule has 0 spiro atoms. The number of hydrogen-bond donors (Lipinski definition) is 1. The highest BCUT2D eigenvalue weighted by molar-refractivity contribution is 8.13. The molecule has 2 rings (SSSR count). The molecule has 0 aromatic heterocycles. The first-order valence-corrected chi connectivity index (χ1v) is 8.88. The molecule has 1 N–H and O–H groups in total. The van der Waals surface area contributed by atoms with E-state index in [2.05, 4.69) is 5.32 Å². The first kappa shape index (κ1) is 15.6. The summed E-state index contributed by atoms with van der Waals surface area (Å²) in [5.41, 5.74) is 0.543. The number of nitrogens with one attached hydrogen (secondary N) is 1. The first-order valence-electron chi connectivity index (χ1n) is 6.20. The van der Waals surface area contributed by atoms with Crippen molar-refractivity contribution in [1.29, 1.82) is 0 Å². The summed E-state index contributed by atoms with van der Waals surface area (Å²) >= 11 is 5.93. The lowest BCUT2D eigenvalue weighted by Crippen LogP contribution is -2.50. The fraction of sp³-hybridized carbons (Fsp3) is 0.462. The molecule has 1 saturated carbocycles. The highest BCUT2D eigenvalue weighted by Gasteiger charge is 2.33. The maximum absolute atomic E-state index is 12.2. The minimum Gasteiger partial charge on any atom is -0.347 e. The van der Waals surface area contributed by atoms with Crippen LogP contribution in [0.3, 0.4) is 0 Å². The average Bonchev–Trinajstić information content (AvgIpc) is 2.28. The van der Waals surface area contributed by atoms with Gasteiger partial charge in [-0.1, -0.05) is 11.6 Å². The Balaban J connectivity index is 2.38. The largest absolute Gasteiger partial charge is 0.347 e. The molecule has 0 radical (unpaired) electrons. The molecule has 1 amide bonds. The second kappa shape index (κ2) is 5.20. The van der Waals surface area contributed by atoms with Gasteiger partial charge < -0.3 is 5.32 Å². The highest BCUT2D eigenvalue weighted by Crippen LogP contribution is 2.32. The third-order valence-corrected chi connectivity index (χ3v) is 5.58. The van der Waals surface area contributed by atoms with E-state index < -0.39 is 9.05 Å². The zero-order valence-electron chi connectivity index (χ0n) is 11.2. The first-order chi connectivity index (χ1) is 9.12. The van der Waals surface area contributed by atoms with E-state index >= 15 is 0 Å². The topological polar surface area (TPSA) is 63.2 Å². The third-order valence-electron chi connectivity index (χ3n) is 3.62. The zero-order valence-corrected chi connectivity index (χ0v) is 13.5. The van der Waals surface area contributed by atoms with Gasteiger partial charge in [0, 0.05) is 21.8 Å². The fourth-order valence-corrected chi connectivity index (χ4v) is 3.76. The summed E-state index contributed by atoms with van der Waals surface area (Å²) in [6.07, 6.45) is 2.93. The van der Waals surface area contributed by atoms with Crippen molar-refractivity contribution in [2.75, 3.05) is 0 Å². The second-order valence-electron chi connectivity index (χ2n) is 5.41. The molecular formula is C13H15Cl2NO3S. The van der Waals surface area contributed by atoms with Crippen LogP contribution in [-0.4, -0.2) is 19.9 Å². The molecule has 1 aromatic rings. The molecule has 110 valence electrons. The van der Waals surface area contributed by atoms with Gasteiger partial charge in [0.15, 0.2) is 0 Å². The van der Waals surface area contributed by atoms with Gasteiger partial charge >= 0.3 is 0 Å². The van der Waals surface area contributed by atoms with E-state index in [1.54, 1.807) is 13.0 Å². The molecule has 1 aromatic carbocycles. The van der Waals surface area contributed by atoms with Crippen molar-refractivity contribution in [3.63, 3.8) is 0 Å². The van der Waals surface area contributed by atoms with Crippen LogP contribution >= 0.6 is 22.3 Å². The Kier molecular flexibility index (Phi) is 4.06. The number of carbonyl (C=O) groups excluding carboxylic acids is 1. The summed E-state index contributed by atoms with van der Waals surface area (Å²) in [6.45, 7) is 3.60. The normalized spacial score (nSPS) is 17.4. The molecule has 1 aliphatic carbocycles. The SMILES string of the molecule is Cc1cc(C(=O)NC2(C)CCC2)cc(S(=O)(=O)Cl)c1Cl. The number of carbonyl (C=O) groups is 1. The van der Waals surface area contributed by atoms with Gasteiger partial charge in [0.05, 0.1) is 5.02 Å². The van der Waals surface area contributed by atoms with Gasteiger partial charge in [0.2, 0.25) is 0 Å². The monoisotopic (exact) mass is 335 g/mol. The predicted molar refractivity (Wildman–Crippen MR) is 79.0 cm³/mol. The van der Waals surface area contributed by atoms with Crippen molar-refractivity contribution >= 4 is 37.2 Å². The van der Waals surface area contributed by atoms with Crippen LogP contribution in [0.2, 0.25) is 5.02 Å². The Morgan fingerprint density at radius 3 is 2.40 bits per heavy atom. The number of rotatable bonds is 3. The average molecular weight is 336 g/mol. The standard InChI is InChI=1S/C13H15Cl2NO3S/c1-8-6-9(7-10(11(8)14)20(15,18)19)12(17)16-13(2)4-3-5-13/h6-7H,3-5H2,1-2H3,(H,16,17). The van der Waals surface area contributed by atoms with E-state index in [1.165, 1.54) is 6.07 Å². The van der Waals surface area contributed by atoms with E-state index in [0.717, 1.165) is 19.3 Å². The summed E-state index contributed by atoms with van der Waals surface area (Å²) in [4.78, 5) is 12.0. The Morgan fingerprint density at radius 1 is 1.35 bits per heavy atom. The van der Waals surface area contributed by atoms with Crippen molar-refractivity contribution in [2.45, 2.75) is 43.5 Å². The molecule has 0 saturated heterocycles. The van der Waals surface area contributed by atoms with Gasteiger partial charge in [-0.2, -0.15) is 0 Å². The van der Waals surface area contributed by atoms with E-state index in [0.29, 0.717) is 5.56 Å². The molecule has 0 atom stereocenters. The maximum atomic E-state index is 12.2. The summed E-state index contributed by atoms with van der Waals surface area (Å²) in [5, 5.41) is 2.96. The smallest absolute Gasteiger partial charge is 0.262 e. The minimum absolute atomic E-state index is 0.0476. The van der Waals surface area contributed by atoms with Gasteiger partial charge in [-0.05, 0) is 50.8 Å². The Labute approximate surface area is 127 Å². The lowest BCUT2D eigenvalue weighted by atomic mass is 9.78. The number of amides is 1. The molecule has 7 heteroatoms. The molecule has 0 heterocycles. The van der Waals surface area contributed by atoms with Crippen LogP contribution in [0.15, 0.2) is 17.0 Å². The van der Waals surface area contributed by atoms with E-state index in [-0.39, 0.29) is 26.9 Å². The lowest BCUT2D eigenvalue weighted by molar-refractivity contribution is 0.0850. The van der Waals surface area contributed by atoms with Crippen LogP contribution in [0.4, 0.5) is 0 Å². The van der Waals surface area contributed by atoms with Crippen LogP contribution in [0.25, 0.3) is 0 Å². The second-order valence-corrected chi connectivity index (χ2v) is 8.32. The summed E-state index contributed by atoms with van der Waals surface area (Å²) in [6, 6.07) is 2.78. The molecule has 1 aliphatic rings. The quantitative estimate of drug-likeness (QED) is 0.862. The van der Waals surface area contributed by atoms with Gasteiger partial charge in [-0.25, -0.2) is 8.42 Å². The van der Waals surface area contributed by atoms with Gasteiger partial charge in [0.25, 0.3) is 15.0 Å². The van der Waals surface area contributed by atoms with Crippen molar-refractivity contribution in [2.24, 2.45) is 0 Å². The summed E-state index contributed by atoms with van der Waals surface area (Å²) in [5.74, 6) is -0.312. The van der Waals surface area contributed by atoms with E-state index in [9.17, 15) is 13.2 Å². The van der Waals surface area contributed by atoms with Crippen LogP contribution in [0, 0.1) is 6.92 Å². The Hall–Kier alpha value is -0.780. The molecule has 0 unspecified atom stereocenters. The maximum Gasteiger partial charge on any atom is 0.262 e. The van der Waals surface area contributed by atoms with Crippen molar-refractivity contribution < 1.29 is 13.2 Å². The number of halogens is 2. The summed E-state index contributed by atoms with van der Waals surface area (Å²) in [7, 11) is 1.35. The Morgan fingerprint density at radius 2 is 1.95 bits per heavy atom. The van der Waals surface area contributed by atoms with E-state index in [1.807, 2.05) is 6.92 Å². The number of aryl methyl sites for hydroxylation is 1. The van der Waals surface area contributed by atoms with Crippen LogP contribution in [0.5, 0.6) is 0 Å². The molecule has 20 heavy (non-hydrogen) atoms. The lowest BCUT2D eigenvalue weighted by Gasteiger charge is -2.39. The van der Waals surface area contributed by atoms with Crippen LogP contribution < -0.4 is 5.32 Å².